The van der Waals surface area contributed by atoms with Crippen molar-refractivity contribution in [2.45, 2.75) is 31.0 Å². The van der Waals surface area contributed by atoms with E-state index in [2.05, 4.69) is 0 Å². The summed E-state index contributed by atoms with van der Waals surface area (Å²) in [6.07, 6.45) is 1.84. The maximum absolute atomic E-state index is 11.3. The van der Waals surface area contributed by atoms with E-state index >= 15 is 0 Å². The zero-order valence-corrected chi connectivity index (χ0v) is 7.66. The van der Waals surface area contributed by atoms with Gasteiger partial charge in [-0.3, -0.25) is 0 Å². The summed E-state index contributed by atoms with van der Waals surface area (Å²) in [5, 5.41) is 9.89. The third kappa shape index (κ3) is 0.883. The van der Waals surface area contributed by atoms with Gasteiger partial charge in [-0.05, 0) is 12.8 Å². The van der Waals surface area contributed by atoms with Crippen LogP contribution in [0.5, 0.6) is 0 Å². The lowest BCUT2D eigenvalue weighted by atomic mass is 10.1. The van der Waals surface area contributed by atoms with Crippen molar-refractivity contribution in [1.82, 2.24) is 0 Å². The van der Waals surface area contributed by atoms with Gasteiger partial charge in [0.05, 0.1) is 6.61 Å². The van der Waals surface area contributed by atoms with Crippen LogP contribution in [0, 0.1) is 0 Å². The SMILES string of the molecule is O=P12OC3(O)CCCCOC3(O1)O2. The highest BCUT2D eigenvalue weighted by atomic mass is 31.2. The predicted octanol–water partition coefficient (Wildman–Crippen LogP) is 0.714. The molecule has 74 valence electrons. The Morgan fingerprint density at radius 3 is 2.77 bits per heavy atom. The number of phosphoric ester groups is 1. The molecule has 1 atom stereocenters. The van der Waals surface area contributed by atoms with Gasteiger partial charge in [0.2, 0.25) is 0 Å². The van der Waals surface area contributed by atoms with E-state index in [1.54, 1.807) is 0 Å². The van der Waals surface area contributed by atoms with Crippen molar-refractivity contribution >= 4 is 7.82 Å². The Balaban J connectivity index is 2.00. The molecule has 7 heteroatoms. The molecule has 0 radical (unpaired) electrons. The normalized spacial score (nSPS) is 59.5. The minimum absolute atomic E-state index is 0.316. The molecule has 4 aliphatic heterocycles. The zero-order chi connectivity index (χ0) is 9.16. The van der Waals surface area contributed by atoms with E-state index in [-0.39, 0.29) is 0 Å². The lowest BCUT2D eigenvalue weighted by Crippen LogP contribution is -2.54. The number of hydrogen-bond donors (Lipinski definition) is 1. The Morgan fingerprint density at radius 2 is 2.00 bits per heavy atom. The van der Waals surface area contributed by atoms with Crippen molar-refractivity contribution < 1.29 is 28.0 Å². The van der Waals surface area contributed by atoms with Crippen LogP contribution in [0.15, 0.2) is 0 Å². The van der Waals surface area contributed by atoms with Crippen molar-refractivity contribution in [3.8, 4) is 0 Å². The summed E-state index contributed by atoms with van der Waals surface area (Å²) in [6.45, 7) is 0.408. The van der Waals surface area contributed by atoms with Gasteiger partial charge in [0.15, 0.2) is 0 Å². The molecule has 1 N–H and O–H groups in total. The average Bonchev–Trinajstić information content (AvgIpc) is 2.23. The Kier molecular flexibility index (Phi) is 1.39. The van der Waals surface area contributed by atoms with Crippen molar-refractivity contribution in [3.05, 3.63) is 0 Å². The first kappa shape index (κ1) is 8.35. The van der Waals surface area contributed by atoms with Crippen LogP contribution in [0.3, 0.4) is 0 Å². The van der Waals surface area contributed by atoms with E-state index in [0.29, 0.717) is 13.0 Å². The van der Waals surface area contributed by atoms with Crippen molar-refractivity contribution in [1.29, 1.82) is 0 Å². The van der Waals surface area contributed by atoms with E-state index in [0.717, 1.165) is 12.8 Å². The van der Waals surface area contributed by atoms with Crippen LogP contribution in [-0.2, 0) is 22.9 Å². The zero-order valence-electron chi connectivity index (χ0n) is 6.76. The lowest BCUT2D eigenvalue weighted by molar-refractivity contribution is -0.407. The number of ether oxygens (including phenoxy) is 1. The molecule has 2 bridgehead atoms. The van der Waals surface area contributed by atoms with Gasteiger partial charge in [0.25, 0.3) is 5.79 Å². The number of hydrogen-bond acceptors (Lipinski definition) is 6. The molecule has 6 nitrogen and oxygen atoms in total. The Morgan fingerprint density at radius 1 is 1.23 bits per heavy atom. The Labute approximate surface area is 74.3 Å². The molecule has 0 aromatic carbocycles. The summed E-state index contributed by atoms with van der Waals surface area (Å²) < 4.78 is 30.9. The van der Waals surface area contributed by atoms with Crippen molar-refractivity contribution in [2.24, 2.45) is 0 Å². The van der Waals surface area contributed by atoms with E-state index < -0.39 is 19.6 Å². The van der Waals surface area contributed by atoms with Crippen LogP contribution in [0.25, 0.3) is 0 Å². The number of phosphoric acid groups is 1. The summed E-state index contributed by atoms with van der Waals surface area (Å²) in [7, 11) is -3.47. The van der Waals surface area contributed by atoms with Gasteiger partial charge < -0.3 is 9.84 Å². The van der Waals surface area contributed by atoms with Gasteiger partial charge in [-0.15, -0.1) is 0 Å². The molecule has 0 saturated carbocycles. The summed E-state index contributed by atoms with van der Waals surface area (Å²) in [4.78, 5) is 0. The van der Waals surface area contributed by atoms with Gasteiger partial charge in [-0.1, -0.05) is 0 Å². The smallest absolute Gasteiger partial charge is 0.359 e. The Bertz CT molecular complexity index is 287. The molecular weight excluding hydrogens is 199 g/mol. The highest BCUT2D eigenvalue weighted by Gasteiger charge is 2.81. The predicted molar refractivity (Wildman–Crippen MR) is 38.3 cm³/mol. The van der Waals surface area contributed by atoms with Crippen LogP contribution in [0.2, 0.25) is 0 Å². The van der Waals surface area contributed by atoms with Crippen LogP contribution in [0.4, 0.5) is 0 Å². The average molecular weight is 208 g/mol. The molecule has 1 spiro atoms. The topological polar surface area (TPSA) is 74.2 Å². The minimum Gasteiger partial charge on any atom is -0.359 e. The van der Waals surface area contributed by atoms with Gasteiger partial charge in [-0.2, -0.15) is 0 Å². The monoisotopic (exact) mass is 208 g/mol. The molecule has 0 aliphatic carbocycles. The fourth-order valence-corrected chi connectivity index (χ4v) is 3.40. The van der Waals surface area contributed by atoms with Gasteiger partial charge >= 0.3 is 13.8 Å². The lowest BCUT2D eigenvalue weighted by Gasteiger charge is -2.36. The summed E-state index contributed by atoms with van der Waals surface area (Å²) in [5.74, 6) is -3.29. The Hall–Kier alpha value is 0.0300. The van der Waals surface area contributed by atoms with Crippen LogP contribution < -0.4 is 0 Å². The number of rotatable bonds is 0. The molecule has 4 aliphatic rings. The van der Waals surface area contributed by atoms with Crippen LogP contribution in [-0.4, -0.2) is 23.5 Å². The quantitative estimate of drug-likeness (QED) is 0.591. The van der Waals surface area contributed by atoms with Gasteiger partial charge in [0, 0.05) is 6.42 Å². The summed E-state index contributed by atoms with van der Waals surface area (Å²) in [5.41, 5.74) is 0. The fourth-order valence-electron chi connectivity index (χ4n) is 1.76. The fraction of sp³-hybridized carbons (Fsp3) is 1.00. The van der Waals surface area contributed by atoms with E-state index in [1.165, 1.54) is 0 Å². The van der Waals surface area contributed by atoms with E-state index in [4.69, 9.17) is 18.3 Å². The van der Waals surface area contributed by atoms with Gasteiger partial charge in [-0.25, -0.2) is 18.1 Å². The van der Waals surface area contributed by atoms with E-state index in [1.807, 2.05) is 0 Å². The standard InChI is InChI=1S/C6H9O6P/c7-5-3-1-2-4-9-6(5)11-13(8,10-5)12-6/h7H,1-4H2. The second-order valence-electron chi connectivity index (χ2n) is 3.37. The molecule has 13 heavy (non-hydrogen) atoms. The second kappa shape index (κ2) is 2.16. The van der Waals surface area contributed by atoms with Crippen molar-refractivity contribution in [2.75, 3.05) is 6.61 Å². The molecule has 4 saturated heterocycles. The first-order valence-electron chi connectivity index (χ1n) is 4.16. The molecule has 4 rings (SSSR count). The first-order valence-corrected chi connectivity index (χ1v) is 5.62. The maximum Gasteiger partial charge on any atom is 0.486 e. The van der Waals surface area contributed by atoms with Gasteiger partial charge in [0.1, 0.15) is 0 Å². The third-order valence-electron chi connectivity index (χ3n) is 2.41. The number of aliphatic hydroxyl groups is 1. The summed E-state index contributed by atoms with van der Waals surface area (Å²) in [6, 6.07) is 0. The molecule has 0 aromatic rings. The third-order valence-corrected chi connectivity index (χ3v) is 3.86. The summed E-state index contributed by atoms with van der Waals surface area (Å²) >= 11 is 0. The molecule has 1 unspecified atom stereocenters. The molecular formula is C6H9O6P. The highest BCUT2D eigenvalue weighted by Crippen LogP contribution is 2.78. The molecule has 0 amide bonds. The van der Waals surface area contributed by atoms with Crippen molar-refractivity contribution in [3.63, 3.8) is 0 Å². The second-order valence-corrected chi connectivity index (χ2v) is 4.81. The van der Waals surface area contributed by atoms with Crippen LogP contribution >= 0.6 is 7.82 Å². The molecule has 0 aromatic heterocycles. The van der Waals surface area contributed by atoms with Crippen LogP contribution in [0.1, 0.15) is 19.3 Å². The first-order chi connectivity index (χ1) is 6.08. The highest BCUT2D eigenvalue weighted by molar-refractivity contribution is 7.50. The largest absolute Gasteiger partial charge is 0.486 e. The van der Waals surface area contributed by atoms with E-state index in [9.17, 15) is 9.67 Å². The molecule has 4 fully saturated rings. The molecule has 4 heterocycles. The minimum atomic E-state index is -3.47. The maximum atomic E-state index is 11.3.